The van der Waals surface area contributed by atoms with E-state index >= 15 is 0 Å². The van der Waals surface area contributed by atoms with Gasteiger partial charge in [-0.3, -0.25) is 0 Å². The molecule has 0 aliphatic carbocycles. The highest BCUT2D eigenvalue weighted by molar-refractivity contribution is 7.98. The molecule has 0 aliphatic rings. The van der Waals surface area contributed by atoms with Crippen LogP contribution in [0.4, 0.5) is 0 Å². The Balaban J connectivity index is 1.94. The molecule has 104 valence electrons. The molecule has 0 heterocycles. The van der Waals surface area contributed by atoms with E-state index in [2.05, 4.69) is 4.74 Å². The Morgan fingerprint density at radius 2 is 1.65 bits per heavy atom. The Morgan fingerprint density at radius 1 is 1.05 bits per heavy atom. The monoisotopic (exact) mass is 288 g/mol. The molecule has 2 rings (SSSR count). The Hall–Kier alpha value is -1.78. The van der Waals surface area contributed by atoms with Gasteiger partial charge in [-0.1, -0.05) is 24.3 Å². The number of rotatable bonds is 5. The Kier molecular flexibility index (Phi) is 5.21. The molecule has 0 atom stereocenters. The summed E-state index contributed by atoms with van der Waals surface area (Å²) in [5.74, 6) is 0.517. The van der Waals surface area contributed by atoms with E-state index in [4.69, 9.17) is 5.11 Å². The maximum absolute atomic E-state index is 11.3. The van der Waals surface area contributed by atoms with Crippen LogP contribution in [0.2, 0.25) is 0 Å². The fourth-order valence-corrected chi connectivity index (χ4v) is 2.57. The third kappa shape index (κ3) is 3.85. The fraction of sp³-hybridized carbons (Fsp3) is 0.188. The molecule has 0 spiro atoms. The van der Waals surface area contributed by atoms with Gasteiger partial charge in [-0.25, -0.2) is 4.79 Å². The van der Waals surface area contributed by atoms with Gasteiger partial charge in [-0.2, -0.15) is 0 Å². The third-order valence-electron chi connectivity index (χ3n) is 2.89. The molecule has 0 aromatic heterocycles. The molecule has 0 aliphatic heterocycles. The van der Waals surface area contributed by atoms with E-state index in [1.54, 1.807) is 23.9 Å². The molecule has 0 amide bonds. The lowest BCUT2D eigenvalue weighted by Crippen LogP contribution is -2.00. The number of esters is 1. The van der Waals surface area contributed by atoms with E-state index in [1.165, 1.54) is 7.11 Å². The quantitative estimate of drug-likeness (QED) is 0.677. The minimum Gasteiger partial charge on any atom is -0.465 e. The van der Waals surface area contributed by atoms with Gasteiger partial charge in [0.1, 0.15) is 0 Å². The summed E-state index contributed by atoms with van der Waals surface area (Å²) in [6.07, 6.45) is 0. The number of ether oxygens (including phenoxy) is 1. The van der Waals surface area contributed by atoms with Gasteiger partial charge in [0.15, 0.2) is 0 Å². The Labute approximate surface area is 122 Å². The van der Waals surface area contributed by atoms with Crippen LogP contribution in [0.1, 0.15) is 21.5 Å². The predicted molar refractivity (Wildman–Crippen MR) is 79.7 cm³/mol. The molecular formula is C16H16O3S. The van der Waals surface area contributed by atoms with Gasteiger partial charge in [-0.05, 0) is 35.4 Å². The maximum atomic E-state index is 11.3. The number of hydrogen-bond acceptors (Lipinski definition) is 4. The minimum absolute atomic E-state index is 0.0694. The van der Waals surface area contributed by atoms with Crippen molar-refractivity contribution in [3.8, 4) is 0 Å². The van der Waals surface area contributed by atoms with Crippen molar-refractivity contribution in [2.45, 2.75) is 17.3 Å². The molecule has 0 saturated carbocycles. The highest BCUT2D eigenvalue weighted by atomic mass is 32.2. The molecule has 0 bridgehead atoms. The summed E-state index contributed by atoms with van der Waals surface area (Å²) in [7, 11) is 1.38. The molecular weight excluding hydrogens is 272 g/mol. The second kappa shape index (κ2) is 7.12. The fourth-order valence-electron chi connectivity index (χ4n) is 1.71. The minimum atomic E-state index is -0.316. The lowest BCUT2D eigenvalue weighted by Gasteiger charge is -2.04. The van der Waals surface area contributed by atoms with Crippen molar-refractivity contribution in [3.63, 3.8) is 0 Å². The van der Waals surface area contributed by atoms with Crippen LogP contribution >= 0.6 is 11.8 Å². The first kappa shape index (κ1) is 14.6. The van der Waals surface area contributed by atoms with E-state index in [1.807, 2.05) is 36.4 Å². The standard InChI is InChI=1S/C16H16O3S/c1-19-16(18)14-6-2-13(3-7-14)11-20-15-8-4-12(10-17)5-9-15/h2-9,17H,10-11H2,1H3. The number of carbonyl (C=O) groups excluding carboxylic acids is 1. The predicted octanol–water partition coefficient (Wildman–Crippen LogP) is 3.26. The zero-order valence-electron chi connectivity index (χ0n) is 11.2. The number of methoxy groups -OCH3 is 1. The second-order valence-electron chi connectivity index (χ2n) is 4.28. The molecule has 1 N–H and O–H groups in total. The number of thioether (sulfide) groups is 1. The summed E-state index contributed by atoms with van der Waals surface area (Å²) in [5, 5.41) is 8.98. The van der Waals surface area contributed by atoms with Crippen molar-refractivity contribution in [1.29, 1.82) is 0 Å². The molecule has 0 unspecified atom stereocenters. The number of carbonyl (C=O) groups is 1. The summed E-state index contributed by atoms with van der Waals surface area (Å²) >= 11 is 1.71. The highest BCUT2D eigenvalue weighted by Crippen LogP contribution is 2.23. The summed E-state index contributed by atoms with van der Waals surface area (Å²) < 4.78 is 4.66. The lowest BCUT2D eigenvalue weighted by atomic mass is 10.1. The molecule has 2 aromatic carbocycles. The van der Waals surface area contributed by atoms with Crippen LogP contribution in [-0.4, -0.2) is 18.2 Å². The lowest BCUT2D eigenvalue weighted by molar-refractivity contribution is 0.0600. The maximum Gasteiger partial charge on any atom is 0.337 e. The van der Waals surface area contributed by atoms with Gasteiger partial charge in [0, 0.05) is 10.6 Å². The number of aliphatic hydroxyl groups is 1. The average molecular weight is 288 g/mol. The number of aliphatic hydroxyl groups excluding tert-OH is 1. The van der Waals surface area contributed by atoms with Crippen molar-refractivity contribution < 1.29 is 14.6 Å². The second-order valence-corrected chi connectivity index (χ2v) is 5.33. The molecule has 0 fully saturated rings. The number of hydrogen-bond donors (Lipinski definition) is 1. The average Bonchev–Trinajstić information content (AvgIpc) is 2.53. The first-order valence-electron chi connectivity index (χ1n) is 6.23. The summed E-state index contributed by atoms with van der Waals surface area (Å²) in [4.78, 5) is 12.5. The van der Waals surface area contributed by atoms with Crippen molar-refractivity contribution in [2.24, 2.45) is 0 Å². The van der Waals surface area contributed by atoms with Gasteiger partial charge in [0.05, 0.1) is 19.3 Å². The Morgan fingerprint density at radius 3 is 2.20 bits per heavy atom. The van der Waals surface area contributed by atoms with Crippen molar-refractivity contribution >= 4 is 17.7 Å². The van der Waals surface area contributed by atoms with Gasteiger partial charge in [-0.15, -0.1) is 11.8 Å². The van der Waals surface area contributed by atoms with E-state index in [-0.39, 0.29) is 12.6 Å². The number of benzene rings is 2. The van der Waals surface area contributed by atoms with Crippen molar-refractivity contribution in [2.75, 3.05) is 7.11 Å². The molecule has 0 radical (unpaired) electrons. The van der Waals surface area contributed by atoms with Crippen LogP contribution in [0.3, 0.4) is 0 Å². The smallest absolute Gasteiger partial charge is 0.337 e. The van der Waals surface area contributed by atoms with Crippen molar-refractivity contribution in [1.82, 2.24) is 0 Å². The topological polar surface area (TPSA) is 46.5 Å². The molecule has 3 nitrogen and oxygen atoms in total. The Bertz CT molecular complexity index is 561. The van der Waals surface area contributed by atoms with Gasteiger partial charge in [0.25, 0.3) is 0 Å². The van der Waals surface area contributed by atoms with Crippen LogP contribution in [0, 0.1) is 0 Å². The zero-order valence-corrected chi connectivity index (χ0v) is 12.0. The highest BCUT2D eigenvalue weighted by Gasteiger charge is 2.04. The van der Waals surface area contributed by atoms with Crippen molar-refractivity contribution in [3.05, 3.63) is 65.2 Å². The van der Waals surface area contributed by atoms with Crippen LogP contribution in [0.15, 0.2) is 53.4 Å². The van der Waals surface area contributed by atoms with Gasteiger partial charge >= 0.3 is 5.97 Å². The van der Waals surface area contributed by atoms with Crippen LogP contribution in [0.25, 0.3) is 0 Å². The van der Waals surface area contributed by atoms with Gasteiger partial charge < -0.3 is 9.84 Å². The summed E-state index contributed by atoms with van der Waals surface area (Å²) in [6.45, 7) is 0.0694. The van der Waals surface area contributed by atoms with Gasteiger partial charge in [0.2, 0.25) is 0 Å². The first-order valence-corrected chi connectivity index (χ1v) is 7.21. The van der Waals surface area contributed by atoms with E-state index < -0.39 is 0 Å². The van der Waals surface area contributed by atoms with Crippen LogP contribution in [-0.2, 0) is 17.1 Å². The SMILES string of the molecule is COC(=O)c1ccc(CSc2ccc(CO)cc2)cc1. The van der Waals surface area contributed by atoms with Crippen LogP contribution < -0.4 is 0 Å². The summed E-state index contributed by atoms with van der Waals surface area (Å²) in [5.41, 5.74) is 2.62. The van der Waals surface area contributed by atoms with E-state index in [0.29, 0.717) is 5.56 Å². The van der Waals surface area contributed by atoms with Crippen LogP contribution in [0.5, 0.6) is 0 Å². The zero-order chi connectivity index (χ0) is 14.4. The largest absolute Gasteiger partial charge is 0.465 e. The third-order valence-corrected chi connectivity index (χ3v) is 3.97. The molecule has 2 aromatic rings. The summed E-state index contributed by atoms with van der Waals surface area (Å²) in [6, 6.07) is 15.2. The molecule has 0 saturated heterocycles. The molecule has 4 heteroatoms. The molecule has 20 heavy (non-hydrogen) atoms. The van der Waals surface area contributed by atoms with E-state index in [9.17, 15) is 4.79 Å². The normalized spacial score (nSPS) is 10.3. The van der Waals surface area contributed by atoms with E-state index in [0.717, 1.165) is 21.8 Å². The first-order chi connectivity index (χ1) is 9.72.